The molecular weight excluding hydrogens is 449 g/mol. The van der Waals surface area contributed by atoms with Crippen LogP contribution in [0.3, 0.4) is 0 Å². The number of benzene rings is 2. The summed E-state index contributed by atoms with van der Waals surface area (Å²) in [6.07, 6.45) is -0.555. The SMILES string of the molecule is CCO[C@H](Cc1ccc(OCCN[C@H]2[C@@H]3CN(Cc4cc(F)c(F)cc4F)C[C@@H]32)cc1)C(=O)O. The summed E-state index contributed by atoms with van der Waals surface area (Å²) in [6, 6.07) is 9.26. The van der Waals surface area contributed by atoms with Crippen molar-refractivity contribution in [3.05, 3.63) is 65.0 Å². The Morgan fingerprint density at radius 1 is 1.12 bits per heavy atom. The first kappa shape index (κ1) is 24.5. The molecule has 4 rings (SSSR count). The topological polar surface area (TPSA) is 71.0 Å². The molecule has 9 heteroatoms. The van der Waals surface area contributed by atoms with Crippen LogP contribution in [0.5, 0.6) is 5.75 Å². The van der Waals surface area contributed by atoms with E-state index in [0.29, 0.717) is 55.9 Å². The third-order valence-electron chi connectivity index (χ3n) is 6.49. The summed E-state index contributed by atoms with van der Waals surface area (Å²) in [6.45, 7) is 5.16. The first-order valence-corrected chi connectivity index (χ1v) is 11.5. The second-order valence-electron chi connectivity index (χ2n) is 8.84. The lowest BCUT2D eigenvalue weighted by Crippen LogP contribution is -2.33. The van der Waals surface area contributed by atoms with Crippen molar-refractivity contribution in [2.75, 3.05) is 32.8 Å². The summed E-state index contributed by atoms with van der Waals surface area (Å²) in [7, 11) is 0. The van der Waals surface area contributed by atoms with Gasteiger partial charge in [0, 0.05) is 56.9 Å². The van der Waals surface area contributed by atoms with Gasteiger partial charge in [-0.2, -0.15) is 0 Å². The highest BCUT2D eigenvalue weighted by Crippen LogP contribution is 2.45. The highest BCUT2D eigenvalue weighted by atomic mass is 19.2. The number of nitrogens with zero attached hydrogens (tertiary/aromatic N) is 1. The molecule has 34 heavy (non-hydrogen) atoms. The maximum absolute atomic E-state index is 13.9. The minimum Gasteiger partial charge on any atom is -0.492 e. The van der Waals surface area contributed by atoms with Gasteiger partial charge < -0.3 is 19.9 Å². The standard InChI is InChI=1S/C25H29F3N2O4/c1-2-33-23(25(31)32)9-15-3-5-17(6-4-15)34-8-7-29-24-18-13-30(14-19(18)24)12-16-10-21(27)22(28)11-20(16)26/h3-6,10-11,18-19,23-24,29H,2,7-9,12-14H2,1H3,(H,31,32)/t18-,19+,23-,24+/m1/s1. The van der Waals surface area contributed by atoms with Gasteiger partial charge in [0.15, 0.2) is 17.7 Å². The number of likely N-dealkylation sites (tertiary alicyclic amines) is 1. The maximum atomic E-state index is 13.9. The summed E-state index contributed by atoms with van der Waals surface area (Å²) < 4.78 is 51.4. The lowest BCUT2D eigenvalue weighted by Gasteiger charge is -2.20. The van der Waals surface area contributed by atoms with Crippen molar-refractivity contribution >= 4 is 5.97 Å². The van der Waals surface area contributed by atoms with Crippen LogP contribution in [-0.2, 0) is 22.5 Å². The Labute approximate surface area is 196 Å². The van der Waals surface area contributed by atoms with Crippen LogP contribution >= 0.6 is 0 Å². The van der Waals surface area contributed by atoms with Gasteiger partial charge >= 0.3 is 5.97 Å². The molecule has 6 nitrogen and oxygen atoms in total. The van der Waals surface area contributed by atoms with E-state index < -0.39 is 29.5 Å². The Morgan fingerprint density at radius 2 is 1.79 bits per heavy atom. The predicted octanol–water partition coefficient (Wildman–Crippen LogP) is 3.23. The third kappa shape index (κ3) is 5.89. The van der Waals surface area contributed by atoms with E-state index in [4.69, 9.17) is 9.47 Å². The second kappa shape index (κ2) is 10.8. The summed E-state index contributed by atoms with van der Waals surface area (Å²) in [4.78, 5) is 13.3. The van der Waals surface area contributed by atoms with Gasteiger partial charge in [0.1, 0.15) is 18.2 Å². The van der Waals surface area contributed by atoms with E-state index in [0.717, 1.165) is 24.7 Å². The van der Waals surface area contributed by atoms with E-state index in [1.54, 1.807) is 6.92 Å². The molecule has 1 saturated carbocycles. The molecule has 184 valence electrons. The molecule has 0 bridgehead atoms. The maximum Gasteiger partial charge on any atom is 0.333 e. The summed E-state index contributed by atoms with van der Waals surface area (Å²) in [5.74, 6) is -2.22. The molecule has 2 fully saturated rings. The zero-order valence-electron chi connectivity index (χ0n) is 19.0. The molecule has 1 aliphatic heterocycles. The van der Waals surface area contributed by atoms with Crippen molar-refractivity contribution in [2.45, 2.75) is 32.0 Å². The molecule has 1 heterocycles. The number of carboxylic acid groups (broad SMARTS) is 1. The molecule has 2 N–H and O–H groups in total. The number of piperidine rings is 1. The summed E-state index contributed by atoms with van der Waals surface area (Å²) in [5.41, 5.74) is 1.05. The smallest absolute Gasteiger partial charge is 0.333 e. The van der Waals surface area contributed by atoms with E-state index in [-0.39, 0.29) is 12.1 Å². The number of fused-ring (bicyclic) bond motifs is 1. The molecule has 4 atom stereocenters. The van der Waals surface area contributed by atoms with Gasteiger partial charge in [0.2, 0.25) is 0 Å². The van der Waals surface area contributed by atoms with Gasteiger partial charge in [-0.3, -0.25) is 4.90 Å². The van der Waals surface area contributed by atoms with E-state index in [9.17, 15) is 23.1 Å². The van der Waals surface area contributed by atoms with Crippen molar-refractivity contribution in [1.82, 2.24) is 10.2 Å². The first-order chi connectivity index (χ1) is 16.4. The minimum atomic E-state index is -1.17. The number of ether oxygens (including phenoxy) is 2. The second-order valence-corrected chi connectivity index (χ2v) is 8.84. The summed E-state index contributed by atoms with van der Waals surface area (Å²) >= 11 is 0. The molecule has 1 saturated heterocycles. The number of carboxylic acids is 1. The average Bonchev–Trinajstić information content (AvgIpc) is 3.25. The van der Waals surface area contributed by atoms with Crippen molar-refractivity contribution in [1.29, 1.82) is 0 Å². The molecule has 2 aromatic carbocycles. The fourth-order valence-electron chi connectivity index (χ4n) is 4.72. The highest BCUT2D eigenvalue weighted by molar-refractivity contribution is 5.72. The Morgan fingerprint density at radius 3 is 2.44 bits per heavy atom. The molecule has 0 spiro atoms. The van der Waals surface area contributed by atoms with Crippen molar-refractivity contribution in [3.8, 4) is 5.75 Å². The van der Waals surface area contributed by atoms with E-state index >= 15 is 0 Å². The Kier molecular flexibility index (Phi) is 7.75. The number of halogens is 3. The normalized spacial score (nSPS) is 22.4. The van der Waals surface area contributed by atoms with Gasteiger partial charge in [-0.05, 0) is 42.5 Å². The van der Waals surface area contributed by atoms with Crippen LogP contribution in [0.15, 0.2) is 36.4 Å². The predicted molar refractivity (Wildman–Crippen MR) is 119 cm³/mol. The number of carbonyl (C=O) groups is 1. The van der Waals surface area contributed by atoms with Crippen LogP contribution in [0, 0.1) is 29.3 Å². The quantitative estimate of drug-likeness (QED) is 0.361. The van der Waals surface area contributed by atoms with Gasteiger partial charge in [-0.15, -0.1) is 0 Å². The third-order valence-corrected chi connectivity index (χ3v) is 6.49. The van der Waals surface area contributed by atoms with Crippen molar-refractivity contribution < 1.29 is 32.5 Å². The number of nitrogens with one attached hydrogen (secondary N) is 1. The number of rotatable bonds is 12. The first-order valence-electron chi connectivity index (χ1n) is 11.5. The van der Waals surface area contributed by atoms with Crippen LogP contribution in [0.2, 0.25) is 0 Å². The molecule has 0 aromatic heterocycles. The van der Waals surface area contributed by atoms with Crippen LogP contribution in [0.25, 0.3) is 0 Å². The van der Waals surface area contributed by atoms with Gasteiger partial charge in [-0.1, -0.05) is 12.1 Å². The summed E-state index contributed by atoms with van der Waals surface area (Å²) in [5, 5.41) is 12.7. The van der Waals surface area contributed by atoms with Gasteiger partial charge in [-0.25, -0.2) is 18.0 Å². The Balaban J connectivity index is 1.14. The van der Waals surface area contributed by atoms with Gasteiger partial charge in [0.25, 0.3) is 0 Å². The number of hydrogen-bond acceptors (Lipinski definition) is 5. The largest absolute Gasteiger partial charge is 0.492 e. The van der Waals surface area contributed by atoms with Crippen molar-refractivity contribution in [3.63, 3.8) is 0 Å². The average molecular weight is 479 g/mol. The van der Waals surface area contributed by atoms with E-state index in [1.807, 2.05) is 24.3 Å². The zero-order chi connectivity index (χ0) is 24.2. The van der Waals surface area contributed by atoms with E-state index in [2.05, 4.69) is 10.2 Å². The van der Waals surface area contributed by atoms with Gasteiger partial charge in [0.05, 0.1) is 0 Å². The number of aliphatic carboxylic acids is 1. The fraction of sp³-hybridized carbons (Fsp3) is 0.480. The molecule has 2 aromatic rings. The van der Waals surface area contributed by atoms with Crippen molar-refractivity contribution in [2.24, 2.45) is 11.8 Å². The molecule has 0 radical (unpaired) electrons. The van der Waals surface area contributed by atoms with E-state index in [1.165, 1.54) is 0 Å². The highest BCUT2D eigenvalue weighted by Gasteiger charge is 2.55. The molecular formula is C25H29F3N2O4. The molecule has 1 aliphatic carbocycles. The Hall–Kier alpha value is -2.62. The molecule has 0 unspecified atom stereocenters. The molecule has 2 aliphatic rings. The lowest BCUT2D eigenvalue weighted by atomic mass is 10.1. The lowest BCUT2D eigenvalue weighted by molar-refractivity contribution is -0.149. The zero-order valence-corrected chi connectivity index (χ0v) is 19.0. The van der Waals surface area contributed by atoms with Crippen LogP contribution < -0.4 is 10.1 Å². The minimum absolute atomic E-state index is 0.181. The monoisotopic (exact) mass is 478 g/mol. The fourth-order valence-corrected chi connectivity index (χ4v) is 4.72. The van der Waals surface area contributed by atoms with Crippen LogP contribution in [0.4, 0.5) is 13.2 Å². The van der Waals surface area contributed by atoms with Crippen LogP contribution in [0.1, 0.15) is 18.1 Å². The van der Waals surface area contributed by atoms with Crippen LogP contribution in [-0.4, -0.2) is 61.0 Å². The Bertz CT molecular complexity index is 992. The number of hydrogen-bond donors (Lipinski definition) is 2. The molecule has 0 amide bonds.